The van der Waals surface area contributed by atoms with Gasteiger partial charge in [0.15, 0.2) is 0 Å². The topological polar surface area (TPSA) is 24.3 Å². The maximum atomic E-state index is 17.2. The summed E-state index contributed by atoms with van der Waals surface area (Å²) in [6, 6.07) is 59.8. The van der Waals surface area contributed by atoms with E-state index < -0.39 is 14.0 Å². The first-order valence-corrected chi connectivity index (χ1v) is 23.5. The molecule has 0 radical (unpaired) electrons. The van der Waals surface area contributed by atoms with Crippen molar-refractivity contribution in [2.75, 3.05) is 16.5 Å². The summed E-state index contributed by atoms with van der Waals surface area (Å²) < 4.78 is 36.4. The molecule has 2 aromatic heterocycles. The van der Waals surface area contributed by atoms with Crippen molar-refractivity contribution in [3.63, 3.8) is 0 Å². The fourth-order valence-electron chi connectivity index (χ4n) is 8.62. The number of para-hydroxylation sites is 4. The smallest absolute Gasteiger partial charge is 0.298 e. The van der Waals surface area contributed by atoms with Crippen molar-refractivity contribution in [2.24, 2.45) is 0 Å². The Morgan fingerprint density at radius 1 is 0.525 bits per heavy atom. The van der Waals surface area contributed by atoms with Crippen LogP contribution < -0.4 is 15.0 Å². The van der Waals surface area contributed by atoms with Gasteiger partial charge in [-0.2, -0.15) is 8.78 Å². The maximum Gasteiger partial charge on any atom is 0.298 e. The summed E-state index contributed by atoms with van der Waals surface area (Å²) in [5, 5.41) is 3.17. The van der Waals surface area contributed by atoms with Gasteiger partial charge < -0.3 is 9.80 Å². The van der Waals surface area contributed by atoms with Gasteiger partial charge in [-0.25, -0.2) is 4.98 Å². The van der Waals surface area contributed by atoms with Gasteiger partial charge in [0.05, 0.1) is 36.2 Å². The molecule has 3 heterocycles. The van der Waals surface area contributed by atoms with Crippen LogP contribution in [0.25, 0.3) is 49.9 Å². The summed E-state index contributed by atoms with van der Waals surface area (Å²) in [6.07, 6.45) is 1.84. The van der Waals surface area contributed by atoms with Gasteiger partial charge in [-0.3, -0.25) is 4.57 Å². The molecule has 0 fully saturated rings. The van der Waals surface area contributed by atoms with Crippen molar-refractivity contribution in [1.29, 1.82) is 0 Å². The van der Waals surface area contributed by atoms with Crippen LogP contribution in [0.5, 0.6) is 0 Å². The zero-order chi connectivity index (χ0) is 40.3. The predicted octanol–water partition coefficient (Wildman–Crippen LogP) is 13.4. The Morgan fingerprint density at radius 3 is 1.81 bits per heavy atom. The van der Waals surface area contributed by atoms with Crippen molar-refractivity contribution in [1.82, 2.24) is 9.55 Å². The average Bonchev–Trinajstić information content (AvgIpc) is 3.82. The van der Waals surface area contributed by atoms with Crippen molar-refractivity contribution in [3.05, 3.63) is 199 Å². The minimum atomic E-state index is -3.29. The van der Waals surface area contributed by atoms with E-state index in [-0.39, 0.29) is 11.1 Å². The molecule has 9 aromatic rings. The number of alkyl halides is 2. The molecule has 0 amide bonds. The van der Waals surface area contributed by atoms with Crippen LogP contribution in [0.15, 0.2) is 188 Å². The number of hydrogen-bond acceptors (Lipinski definition) is 3. The summed E-state index contributed by atoms with van der Waals surface area (Å²) in [7, 11) is -1.68. The van der Waals surface area contributed by atoms with Gasteiger partial charge in [-0.05, 0) is 59.7 Å². The highest BCUT2D eigenvalue weighted by Crippen LogP contribution is 2.50. The highest BCUT2D eigenvalue weighted by molar-refractivity contribution is 6.88. The first-order chi connectivity index (χ1) is 28.7. The Hall–Kier alpha value is -6.83. The lowest BCUT2D eigenvalue weighted by Gasteiger charge is -2.27. The summed E-state index contributed by atoms with van der Waals surface area (Å²) >= 11 is 0. The molecule has 1 aliphatic rings. The quantitative estimate of drug-likeness (QED) is 0.143. The molecular weight excluding hydrogens is 747 g/mol. The molecule has 0 saturated heterocycles. The van der Waals surface area contributed by atoms with Crippen molar-refractivity contribution >= 4 is 57.8 Å². The molecule has 288 valence electrons. The highest BCUT2D eigenvalue weighted by Gasteiger charge is 2.37. The summed E-state index contributed by atoms with van der Waals surface area (Å²) in [5.74, 6) is -2.56. The molecule has 1 aliphatic heterocycles. The Labute approximate surface area is 344 Å². The van der Waals surface area contributed by atoms with E-state index in [0.29, 0.717) is 17.9 Å². The van der Waals surface area contributed by atoms with Crippen LogP contribution in [0.2, 0.25) is 19.6 Å². The van der Waals surface area contributed by atoms with E-state index >= 15 is 8.78 Å². The number of aromatic nitrogens is 2. The third kappa shape index (κ3) is 6.30. The molecule has 10 rings (SSSR count). The fourth-order valence-corrected chi connectivity index (χ4v) is 9.75. The lowest BCUT2D eigenvalue weighted by Crippen LogP contribution is -2.37. The van der Waals surface area contributed by atoms with Gasteiger partial charge in [0.1, 0.15) is 12.5 Å². The zero-order valence-electron chi connectivity index (χ0n) is 33.1. The average molecular weight is 789 g/mol. The molecule has 0 unspecified atom stereocenters. The fraction of sp³-hybridized carbons (Fsp3) is 0.0962. The monoisotopic (exact) mass is 788 g/mol. The van der Waals surface area contributed by atoms with Crippen LogP contribution in [0.3, 0.4) is 0 Å². The lowest BCUT2D eigenvalue weighted by molar-refractivity contribution is 0.0430. The third-order valence-electron chi connectivity index (χ3n) is 11.6. The Balaban J connectivity index is 1.07. The Kier molecular flexibility index (Phi) is 8.80. The zero-order valence-corrected chi connectivity index (χ0v) is 34.1. The van der Waals surface area contributed by atoms with Crippen molar-refractivity contribution < 1.29 is 8.78 Å². The summed E-state index contributed by atoms with van der Waals surface area (Å²) in [5.41, 5.74) is 9.63. The van der Waals surface area contributed by atoms with Crippen LogP contribution in [0, 0.1) is 0 Å². The van der Waals surface area contributed by atoms with Gasteiger partial charge >= 0.3 is 0 Å². The molecule has 0 saturated carbocycles. The standard InChI is InChI=1S/C52H42F2N4Si/c1-59(2,3)41-30-31-55-50(34-41)58-46-25-11-10-22-44(46)45-29-28-39(33-49(45)58)52(53,54)38-20-14-21-40(32-38)56-35-57(48-27-13-12-26-47(48)56)51-42(36-16-6-4-7-17-36)23-15-24-43(51)37-18-8-5-9-19-37/h4-34H,35H2,1-3H3. The van der Waals surface area contributed by atoms with E-state index in [1.807, 2.05) is 65.4 Å². The number of rotatable bonds is 8. The second-order valence-corrected chi connectivity index (χ2v) is 21.4. The molecule has 0 N–H and O–H groups in total. The van der Waals surface area contributed by atoms with Crippen molar-refractivity contribution in [2.45, 2.75) is 25.6 Å². The number of benzene rings is 7. The van der Waals surface area contributed by atoms with Crippen LogP contribution in [-0.2, 0) is 5.92 Å². The van der Waals surface area contributed by atoms with E-state index in [1.54, 1.807) is 30.3 Å². The number of halogens is 2. The van der Waals surface area contributed by atoms with E-state index in [4.69, 9.17) is 4.98 Å². The summed E-state index contributed by atoms with van der Waals surface area (Å²) in [6.45, 7) is 7.34. The maximum absolute atomic E-state index is 17.2. The molecule has 4 nitrogen and oxygen atoms in total. The molecule has 0 spiro atoms. The number of nitrogens with zero attached hydrogens (tertiary/aromatic N) is 4. The van der Waals surface area contributed by atoms with Crippen LogP contribution in [0.1, 0.15) is 11.1 Å². The third-order valence-corrected chi connectivity index (χ3v) is 13.7. The van der Waals surface area contributed by atoms with Gasteiger partial charge in [0.2, 0.25) is 0 Å². The van der Waals surface area contributed by atoms with E-state index in [2.05, 4.69) is 127 Å². The minimum Gasteiger partial charge on any atom is -0.321 e. The first kappa shape index (κ1) is 36.5. The van der Waals surface area contributed by atoms with Gasteiger partial charge in [-0.1, -0.05) is 158 Å². The molecule has 59 heavy (non-hydrogen) atoms. The Morgan fingerprint density at radius 2 is 1.12 bits per heavy atom. The largest absolute Gasteiger partial charge is 0.321 e. The molecular formula is C52H42F2N4Si. The van der Waals surface area contributed by atoms with Gasteiger partial charge in [-0.15, -0.1) is 0 Å². The van der Waals surface area contributed by atoms with E-state index in [9.17, 15) is 0 Å². The number of hydrogen-bond donors (Lipinski definition) is 0. The first-order valence-electron chi connectivity index (χ1n) is 20.0. The molecule has 0 aliphatic carbocycles. The van der Waals surface area contributed by atoms with Crippen LogP contribution in [0.4, 0.5) is 31.5 Å². The Bertz CT molecular complexity index is 2950. The lowest BCUT2D eigenvalue weighted by atomic mass is 9.95. The highest BCUT2D eigenvalue weighted by atomic mass is 28.3. The van der Waals surface area contributed by atoms with E-state index in [1.165, 1.54) is 5.19 Å². The second kappa shape index (κ2) is 14.2. The number of fused-ring (bicyclic) bond motifs is 4. The van der Waals surface area contributed by atoms with Crippen LogP contribution >= 0.6 is 0 Å². The molecule has 7 aromatic carbocycles. The van der Waals surface area contributed by atoms with Gasteiger partial charge in [0.25, 0.3) is 5.92 Å². The second-order valence-electron chi connectivity index (χ2n) is 16.3. The minimum absolute atomic E-state index is 0.0681. The molecule has 7 heteroatoms. The van der Waals surface area contributed by atoms with Crippen LogP contribution in [-0.4, -0.2) is 24.3 Å². The molecule has 0 atom stereocenters. The normalized spacial score (nSPS) is 13.0. The predicted molar refractivity (Wildman–Crippen MR) is 244 cm³/mol. The van der Waals surface area contributed by atoms with E-state index in [0.717, 1.165) is 61.4 Å². The molecule has 0 bridgehead atoms. The summed E-state index contributed by atoms with van der Waals surface area (Å²) in [4.78, 5) is 9.25. The van der Waals surface area contributed by atoms with Gasteiger partial charge in [0, 0.05) is 44.9 Å². The number of anilines is 4. The van der Waals surface area contributed by atoms with Crippen molar-refractivity contribution in [3.8, 4) is 28.1 Å². The number of pyridine rings is 1. The SMILES string of the molecule is C[Si](C)(C)c1ccnc(-n2c3ccccc3c3ccc(C(F)(F)c4cccc(N5CN(c6c(-c7ccccc7)cccc6-c6ccccc6)c6ccccc65)c4)cc32)c1.